The summed E-state index contributed by atoms with van der Waals surface area (Å²) in [4.78, 5) is 40.3. The van der Waals surface area contributed by atoms with Crippen LogP contribution in [0.5, 0.6) is 0 Å². The first-order valence-electron chi connectivity index (χ1n) is 9.00. The molecule has 7 heteroatoms. The van der Waals surface area contributed by atoms with E-state index < -0.39 is 17.5 Å². The van der Waals surface area contributed by atoms with Gasteiger partial charge in [0, 0.05) is 7.05 Å². The van der Waals surface area contributed by atoms with E-state index in [-0.39, 0.29) is 24.3 Å². The molecular weight excluding hydrogens is 337 g/mol. The molecule has 1 spiro atoms. The number of carbonyl (C=O) groups excluding carboxylic acids is 3. The number of nitrogens with zero attached hydrogens (tertiary/aromatic N) is 2. The number of carbonyl (C=O) groups is 3. The van der Waals surface area contributed by atoms with Crippen LogP contribution in [0.1, 0.15) is 50.6 Å². The lowest BCUT2D eigenvalue weighted by atomic mass is 9.81. The van der Waals surface area contributed by atoms with E-state index in [2.05, 4.69) is 5.32 Å². The highest BCUT2D eigenvalue weighted by molar-refractivity contribution is 6.08. The lowest BCUT2D eigenvalue weighted by Crippen LogP contribution is -2.49. The normalized spacial score (nSPS) is 20.6. The monoisotopic (exact) mass is 361 g/mol. The molecular formula is C19H24FN3O3. The molecule has 0 bridgehead atoms. The molecule has 1 N–H and O–H groups in total. The SMILES string of the molecule is CC(NC(=O)CN1C(=O)N(C)C2(CCCCC2)C1=O)c1ccc(F)cc1. The van der Waals surface area contributed by atoms with Crippen LogP contribution in [0.2, 0.25) is 0 Å². The van der Waals surface area contributed by atoms with Crippen molar-refractivity contribution >= 4 is 17.8 Å². The third-order valence-corrected chi connectivity index (χ3v) is 5.53. The van der Waals surface area contributed by atoms with Crippen LogP contribution in [-0.2, 0) is 9.59 Å². The summed E-state index contributed by atoms with van der Waals surface area (Å²) < 4.78 is 13.0. The highest BCUT2D eigenvalue weighted by Crippen LogP contribution is 2.39. The van der Waals surface area contributed by atoms with E-state index in [1.807, 2.05) is 0 Å². The zero-order valence-electron chi connectivity index (χ0n) is 15.1. The fraction of sp³-hybridized carbons (Fsp3) is 0.526. The van der Waals surface area contributed by atoms with Crippen LogP contribution in [0.15, 0.2) is 24.3 Å². The summed E-state index contributed by atoms with van der Waals surface area (Å²) in [6.45, 7) is 1.48. The summed E-state index contributed by atoms with van der Waals surface area (Å²) in [6, 6.07) is 5.08. The third-order valence-electron chi connectivity index (χ3n) is 5.53. The summed E-state index contributed by atoms with van der Waals surface area (Å²) >= 11 is 0. The number of rotatable bonds is 4. The molecule has 0 aromatic heterocycles. The quantitative estimate of drug-likeness (QED) is 0.838. The zero-order valence-corrected chi connectivity index (χ0v) is 15.1. The fourth-order valence-electron chi connectivity index (χ4n) is 3.94. The van der Waals surface area contributed by atoms with Crippen LogP contribution in [0.4, 0.5) is 9.18 Å². The molecule has 26 heavy (non-hydrogen) atoms. The van der Waals surface area contributed by atoms with Gasteiger partial charge in [0.05, 0.1) is 6.04 Å². The molecule has 1 atom stereocenters. The molecule has 4 amide bonds. The van der Waals surface area contributed by atoms with Gasteiger partial charge in [-0.3, -0.25) is 14.5 Å². The van der Waals surface area contributed by atoms with Gasteiger partial charge in [-0.05, 0) is 37.5 Å². The van der Waals surface area contributed by atoms with Gasteiger partial charge in [-0.1, -0.05) is 31.4 Å². The lowest BCUT2D eigenvalue weighted by Gasteiger charge is -2.35. The predicted octanol–water partition coefficient (Wildman–Crippen LogP) is 2.60. The first-order valence-corrected chi connectivity index (χ1v) is 9.00. The van der Waals surface area contributed by atoms with Crippen LogP contribution in [-0.4, -0.2) is 46.8 Å². The smallest absolute Gasteiger partial charge is 0.327 e. The first-order chi connectivity index (χ1) is 12.3. The molecule has 1 unspecified atom stereocenters. The summed E-state index contributed by atoms with van der Waals surface area (Å²) in [6.07, 6.45) is 4.18. The van der Waals surface area contributed by atoms with Gasteiger partial charge in [0.25, 0.3) is 5.91 Å². The van der Waals surface area contributed by atoms with E-state index in [1.54, 1.807) is 26.1 Å². The van der Waals surface area contributed by atoms with Crippen LogP contribution in [0.3, 0.4) is 0 Å². The Morgan fingerprint density at radius 3 is 2.42 bits per heavy atom. The average Bonchev–Trinajstić information content (AvgIpc) is 2.79. The molecule has 2 fully saturated rings. The van der Waals surface area contributed by atoms with Crippen molar-refractivity contribution in [2.75, 3.05) is 13.6 Å². The molecule has 1 saturated heterocycles. The maximum absolute atomic E-state index is 13.0. The Kier molecular flexibility index (Phi) is 4.98. The van der Waals surface area contributed by atoms with Crippen molar-refractivity contribution in [3.63, 3.8) is 0 Å². The van der Waals surface area contributed by atoms with Gasteiger partial charge < -0.3 is 10.2 Å². The van der Waals surface area contributed by atoms with E-state index in [0.717, 1.165) is 29.7 Å². The Bertz CT molecular complexity index is 713. The number of imide groups is 1. The van der Waals surface area contributed by atoms with Gasteiger partial charge in [0.2, 0.25) is 5.91 Å². The Balaban J connectivity index is 1.66. The van der Waals surface area contributed by atoms with Gasteiger partial charge in [-0.2, -0.15) is 0 Å². The number of hydrogen-bond acceptors (Lipinski definition) is 3. The van der Waals surface area contributed by atoms with Crippen LogP contribution in [0.25, 0.3) is 0 Å². The van der Waals surface area contributed by atoms with E-state index in [9.17, 15) is 18.8 Å². The lowest BCUT2D eigenvalue weighted by molar-refractivity contribution is -0.137. The minimum Gasteiger partial charge on any atom is -0.348 e. The van der Waals surface area contributed by atoms with Gasteiger partial charge in [-0.15, -0.1) is 0 Å². The predicted molar refractivity (Wildman–Crippen MR) is 93.6 cm³/mol. The second-order valence-electron chi connectivity index (χ2n) is 7.17. The first kappa shape index (κ1) is 18.4. The van der Waals surface area contributed by atoms with E-state index in [1.165, 1.54) is 17.0 Å². The average molecular weight is 361 g/mol. The standard InChI is InChI=1S/C19H24FN3O3/c1-13(14-6-8-15(20)9-7-14)21-16(24)12-23-17(25)19(22(2)18(23)26)10-4-3-5-11-19/h6-9,13H,3-5,10-12H2,1-2H3,(H,21,24). The Labute approximate surface area is 152 Å². The summed E-state index contributed by atoms with van der Waals surface area (Å²) in [5, 5.41) is 2.76. The molecule has 1 aliphatic carbocycles. The summed E-state index contributed by atoms with van der Waals surface area (Å²) in [7, 11) is 1.64. The number of benzene rings is 1. The number of urea groups is 1. The van der Waals surface area contributed by atoms with Gasteiger partial charge in [-0.25, -0.2) is 9.18 Å². The van der Waals surface area contributed by atoms with E-state index in [0.29, 0.717) is 12.8 Å². The number of likely N-dealkylation sites (N-methyl/N-ethyl adjacent to an activating group) is 1. The van der Waals surface area contributed by atoms with Gasteiger partial charge in [0.1, 0.15) is 17.9 Å². The maximum Gasteiger partial charge on any atom is 0.327 e. The molecule has 1 aromatic carbocycles. The van der Waals surface area contributed by atoms with E-state index >= 15 is 0 Å². The summed E-state index contributed by atoms with van der Waals surface area (Å²) in [5.74, 6) is -1.03. The topological polar surface area (TPSA) is 69.7 Å². The van der Waals surface area contributed by atoms with Gasteiger partial charge in [0.15, 0.2) is 0 Å². The van der Waals surface area contributed by atoms with Crippen molar-refractivity contribution in [1.29, 1.82) is 0 Å². The highest BCUT2D eigenvalue weighted by atomic mass is 19.1. The van der Waals surface area contributed by atoms with Gasteiger partial charge >= 0.3 is 6.03 Å². The number of nitrogens with one attached hydrogen (secondary N) is 1. The fourth-order valence-corrected chi connectivity index (χ4v) is 3.94. The third kappa shape index (κ3) is 3.18. The second-order valence-corrected chi connectivity index (χ2v) is 7.17. The number of amides is 4. The van der Waals surface area contributed by atoms with Crippen LogP contribution in [0, 0.1) is 5.82 Å². The minimum atomic E-state index is -0.780. The van der Waals surface area contributed by atoms with E-state index in [4.69, 9.17) is 0 Å². The number of hydrogen-bond donors (Lipinski definition) is 1. The molecule has 2 aliphatic rings. The van der Waals surface area contributed by atoms with Crippen LogP contribution < -0.4 is 5.32 Å². The van der Waals surface area contributed by atoms with Crippen molar-refractivity contribution in [1.82, 2.24) is 15.1 Å². The largest absolute Gasteiger partial charge is 0.348 e. The molecule has 1 heterocycles. The van der Waals surface area contributed by atoms with Crippen LogP contribution >= 0.6 is 0 Å². The molecule has 6 nitrogen and oxygen atoms in total. The summed E-state index contributed by atoms with van der Waals surface area (Å²) in [5.41, 5.74) is -0.0299. The van der Waals surface area contributed by atoms with Crippen molar-refractivity contribution < 1.29 is 18.8 Å². The molecule has 1 aliphatic heterocycles. The van der Waals surface area contributed by atoms with Crippen molar-refractivity contribution in [3.8, 4) is 0 Å². The molecule has 1 aromatic rings. The Morgan fingerprint density at radius 2 is 1.81 bits per heavy atom. The van der Waals surface area contributed by atoms with Crippen molar-refractivity contribution in [2.45, 2.75) is 50.6 Å². The zero-order chi connectivity index (χ0) is 18.9. The second kappa shape index (κ2) is 7.05. The molecule has 3 rings (SSSR count). The van der Waals surface area contributed by atoms with Crippen molar-refractivity contribution in [3.05, 3.63) is 35.6 Å². The Morgan fingerprint density at radius 1 is 1.19 bits per heavy atom. The highest BCUT2D eigenvalue weighted by Gasteiger charge is 2.55. The minimum absolute atomic E-state index is 0.269. The maximum atomic E-state index is 13.0. The van der Waals surface area contributed by atoms with Crippen molar-refractivity contribution in [2.24, 2.45) is 0 Å². The molecule has 140 valence electrons. The Hall–Kier alpha value is -2.44. The number of halogens is 1. The molecule has 1 saturated carbocycles. The molecule has 0 radical (unpaired) electrons.